The first-order chi connectivity index (χ1) is 13.8. The van der Waals surface area contributed by atoms with Gasteiger partial charge in [0, 0.05) is 11.6 Å². The van der Waals surface area contributed by atoms with Crippen LogP contribution in [-0.2, 0) is 9.53 Å². The summed E-state index contributed by atoms with van der Waals surface area (Å²) in [6.45, 7) is 7.56. The number of rotatable bonds is 6. The monoisotopic (exact) mass is 396 g/mol. The van der Waals surface area contributed by atoms with Crippen molar-refractivity contribution in [1.29, 1.82) is 0 Å². The minimum Gasteiger partial charge on any atom is -0.493 e. The van der Waals surface area contributed by atoms with Crippen LogP contribution in [0.25, 0.3) is 6.08 Å². The lowest BCUT2D eigenvalue weighted by molar-refractivity contribution is -0.157. The predicted octanol–water partition coefficient (Wildman–Crippen LogP) is 4.42. The number of Topliss-reactive ketones (excluding diaryl/α,β-unsaturated/α-hetero) is 1. The van der Waals surface area contributed by atoms with Crippen molar-refractivity contribution in [2.75, 3.05) is 13.2 Å². The molecular formula is C23H24O6. The fourth-order valence-electron chi connectivity index (χ4n) is 2.80. The van der Waals surface area contributed by atoms with Crippen LogP contribution in [0.1, 0.15) is 43.6 Å². The molecular weight excluding hydrogens is 372 g/mol. The highest BCUT2D eigenvalue weighted by Gasteiger charge is 2.28. The van der Waals surface area contributed by atoms with E-state index >= 15 is 0 Å². The van der Waals surface area contributed by atoms with E-state index in [0.29, 0.717) is 29.4 Å². The smallest absolute Gasteiger partial charge is 0.344 e. The molecule has 0 aliphatic carbocycles. The molecule has 0 unspecified atom stereocenters. The predicted molar refractivity (Wildman–Crippen MR) is 108 cm³/mol. The van der Waals surface area contributed by atoms with Gasteiger partial charge in [-0.05, 0) is 52.0 Å². The topological polar surface area (TPSA) is 71.1 Å². The summed E-state index contributed by atoms with van der Waals surface area (Å²) >= 11 is 0. The number of esters is 1. The number of benzene rings is 2. The number of carbonyl (C=O) groups excluding carboxylic acids is 2. The van der Waals surface area contributed by atoms with Gasteiger partial charge in [-0.15, -0.1) is 0 Å². The standard InChI is InChI=1S/C23H24O6/c1-5-26-18-9-7-6-8-15(18)12-20-22(25)17-11-10-16(13-19(17)28-20)27-14-21(24)29-23(2,3)4/h6-13H,5,14H2,1-4H3/b20-12-. The second-order valence-electron chi connectivity index (χ2n) is 7.44. The van der Waals surface area contributed by atoms with Crippen LogP contribution in [0.2, 0.25) is 0 Å². The molecule has 1 aliphatic rings. The molecule has 2 aromatic carbocycles. The zero-order chi connectivity index (χ0) is 21.0. The number of ether oxygens (including phenoxy) is 4. The number of hydrogen-bond donors (Lipinski definition) is 0. The zero-order valence-electron chi connectivity index (χ0n) is 17.0. The van der Waals surface area contributed by atoms with E-state index in [9.17, 15) is 9.59 Å². The zero-order valence-corrected chi connectivity index (χ0v) is 17.0. The molecule has 0 amide bonds. The van der Waals surface area contributed by atoms with Crippen LogP contribution in [0.15, 0.2) is 48.2 Å². The number of para-hydroxylation sites is 1. The van der Waals surface area contributed by atoms with Crippen molar-refractivity contribution in [3.63, 3.8) is 0 Å². The second kappa shape index (κ2) is 8.39. The van der Waals surface area contributed by atoms with Gasteiger partial charge in [-0.3, -0.25) is 4.79 Å². The summed E-state index contributed by atoms with van der Waals surface area (Å²) in [4.78, 5) is 24.5. The van der Waals surface area contributed by atoms with E-state index in [4.69, 9.17) is 18.9 Å². The largest absolute Gasteiger partial charge is 0.493 e. The summed E-state index contributed by atoms with van der Waals surface area (Å²) in [6, 6.07) is 12.3. The van der Waals surface area contributed by atoms with Crippen LogP contribution in [0.4, 0.5) is 0 Å². The van der Waals surface area contributed by atoms with Crippen LogP contribution in [0, 0.1) is 0 Å². The van der Waals surface area contributed by atoms with E-state index in [1.165, 1.54) is 0 Å². The maximum atomic E-state index is 12.7. The molecule has 152 valence electrons. The molecule has 0 spiro atoms. The van der Waals surface area contributed by atoms with Gasteiger partial charge in [-0.2, -0.15) is 0 Å². The molecule has 6 nitrogen and oxygen atoms in total. The van der Waals surface area contributed by atoms with Crippen LogP contribution < -0.4 is 14.2 Å². The Labute approximate surface area is 170 Å². The molecule has 2 aromatic rings. The van der Waals surface area contributed by atoms with Gasteiger partial charge in [-0.25, -0.2) is 4.79 Å². The van der Waals surface area contributed by atoms with Crippen molar-refractivity contribution < 1.29 is 28.5 Å². The maximum absolute atomic E-state index is 12.7. The minimum atomic E-state index is -0.578. The molecule has 0 N–H and O–H groups in total. The number of carbonyl (C=O) groups is 2. The van der Waals surface area contributed by atoms with E-state index in [0.717, 1.165) is 5.56 Å². The highest BCUT2D eigenvalue weighted by Crippen LogP contribution is 2.35. The Bertz CT molecular complexity index is 952. The van der Waals surface area contributed by atoms with Crippen molar-refractivity contribution in [1.82, 2.24) is 0 Å². The molecule has 3 rings (SSSR count). The Morgan fingerprint density at radius 1 is 1.10 bits per heavy atom. The molecule has 0 bridgehead atoms. The van der Waals surface area contributed by atoms with Crippen molar-refractivity contribution in [3.8, 4) is 17.2 Å². The fraction of sp³-hybridized carbons (Fsp3) is 0.304. The Hall–Kier alpha value is -3.28. The average Bonchev–Trinajstić information content (AvgIpc) is 2.95. The van der Waals surface area contributed by atoms with Crippen LogP contribution in [-0.4, -0.2) is 30.6 Å². The third-order valence-electron chi connectivity index (χ3n) is 3.92. The molecule has 29 heavy (non-hydrogen) atoms. The SMILES string of the molecule is CCOc1ccccc1/C=C1\Oc2cc(OCC(=O)OC(C)(C)C)ccc2C1=O. The van der Waals surface area contributed by atoms with E-state index < -0.39 is 11.6 Å². The highest BCUT2D eigenvalue weighted by atomic mass is 16.6. The van der Waals surface area contributed by atoms with Crippen molar-refractivity contribution >= 4 is 17.8 Å². The fourth-order valence-corrected chi connectivity index (χ4v) is 2.80. The molecule has 0 fully saturated rings. The lowest BCUT2D eigenvalue weighted by atomic mass is 10.1. The number of ketones is 1. The van der Waals surface area contributed by atoms with E-state index in [1.54, 1.807) is 45.0 Å². The Morgan fingerprint density at radius 2 is 1.86 bits per heavy atom. The van der Waals surface area contributed by atoms with E-state index in [1.807, 2.05) is 31.2 Å². The summed E-state index contributed by atoms with van der Waals surface area (Å²) in [7, 11) is 0. The number of fused-ring (bicyclic) bond motifs is 1. The van der Waals surface area contributed by atoms with Crippen molar-refractivity contribution in [2.45, 2.75) is 33.3 Å². The molecule has 0 saturated heterocycles. The summed E-state index contributed by atoms with van der Waals surface area (Å²) < 4.78 is 22.0. The normalized spacial score (nSPS) is 14.3. The van der Waals surface area contributed by atoms with E-state index in [2.05, 4.69) is 0 Å². The first kappa shape index (κ1) is 20.5. The van der Waals surface area contributed by atoms with Gasteiger partial charge in [0.05, 0.1) is 12.2 Å². The summed E-state index contributed by atoms with van der Waals surface area (Å²) in [5.74, 6) is 0.996. The lowest BCUT2D eigenvalue weighted by Gasteiger charge is -2.19. The molecule has 0 aromatic heterocycles. The molecule has 1 heterocycles. The van der Waals surface area contributed by atoms with Gasteiger partial charge in [0.15, 0.2) is 12.4 Å². The molecule has 1 aliphatic heterocycles. The quantitative estimate of drug-likeness (QED) is 0.532. The van der Waals surface area contributed by atoms with E-state index in [-0.39, 0.29) is 18.1 Å². The third-order valence-corrected chi connectivity index (χ3v) is 3.92. The van der Waals surface area contributed by atoms with Gasteiger partial charge >= 0.3 is 5.97 Å². The first-order valence-electron chi connectivity index (χ1n) is 9.41. The second-order valence-corrected chi connectivity index (χ2v) is 7.44. The first-order valence-corrected chi connectivity index (χ1v) is 9.41. The van der Waals surface area contributed by atoms with Crippen molar-refractivity contribution in [2.24, 2.45) is 0 Å². The van der Waals surface area contributed by atoms with Crippen LogP contribution >= 0.6 is 0 Å². The Morgan fingerprint density at radius 3 is 2.59 bits per heavy atom. The van der Waals surface area contributed by atoms with Gasteiger partial charge in [-0.1, -0.05) is 18.2 Å². The van der Waals surface area contributed by atoms with Crippen LogP contribution in [0.5, 0.6) is 17.2 Å². The average molecular weight is 396 g/mol. The van der Waals surface area contributed by atoms with Crippen LogP contribution in [0.3, 0.4) is 0 Å². The van der Waals surface area contributed by atoms with Gasteiger partial charge < -0.3 is 18.9 Å². The highest BCUT2D eigenvalue weighted by molar-refractivity contribution is 6.14. The summed E-state index contributed by atoms with van der Waals surface area (Å²) in [5, 5.41) is 0. The lowest BCUT2D eigenvalue weighted by Crippen LogP contribution is -2.27. The van der Waals surface area contributed by atoms with Crippen molar-refractivity contribution in [3.05, 3.63) is 59.4 Å². The van der Waals surface area contributed by atoms with Gasteiger partial charge in [0.1, 0.15) is 22.8 Å². The van der Waals surface area contributed by atoms with Gasteiger partial charge in [0.25, 0.3) is 0 Å². The minimum absolute atomic E-state index is 0.205. The maximum Gasteiger partial charge on any atom is 0.344 e. The Balaban J connectivity index is 1.74. The number of allylic oxidation sites excluding steroid dienone is 1. The summed E-state index contributed by atoms with van der Waals surface area (Å²) in [6.07, 6.45) is 1.66. The van der Waals surface area contributed by atoms with Gasteiger partial charge in [0.2, 0.25) is 5.78 Å². The Kier molecular flexibility index (Phi) is 5.92. The molecule has 0 atom stereocenters. The molecule has 0 saturated carbocycles. The number of hydrogen-bond acceptors (Lipinski definition) is 6. The summed E-state index contributed by atoms with van der Waals surface area (Å²) in [5.41, 5.74) is 0.618. The molecule has 6 heteroatoms. The molecule has 0 radical (unpaired) electrons. The third kappa shape index (κ3) is 5.16.